The van der Waals surface area contributed by atoms with Crippen LogP contribution in [0.2, 0.25) is 0 Å². The van der Waals surface area contributed by atoms with Gasteiger partial charge in [-0.2, -0.15) is 11.8 Å². The van der Waals surface area contributed by atoms with Crippen molar-refractivity contribution in [3.05, 3.63) is 17.8 Å². The third-order valence-corrected chi connectivity index (χ3v) is 4.24. The molecule has 0 saturated carbocycles. The molecule has 0 radical (unpaired) electrons. The number of carbonyl (C=O) groups excluding carboxylic acids is 1. The van der Waals surface area contributed by atoms with E-state index in [4.69, 9.17) is 5.11 Å². The maximum Gasteiger partial charge on any atom is 0.305 e. The molecule has 1 saturated heterocycles. The zero-order chi connectivity index (χ0) is 15.2. The predicted molar refractivity (Wildman–Crippen MR) is 80.8 cm³/mol. The maximum atomic E-state index is 11.6. The Bertz CT molecular complexity index is 509. The summed E-state index contributed by atoms with van der Waals surface area (Å²) in [6.07, 6.45) is 0.0761. The second-order valence-corrected chi connectivity index (χ2v) is 5.81. The third kappa shape index (κ3) is 4.07. The van der Waals surface area contributed by atoms with E-state index in [0.29, 0.717) is 12.4 Å². The highest BCUT2D eigenvalue weighted by Gasteiger charge is 2.26. The number of nitrogens with one attached hydrogen (secondary N) is 1. The van der Waals surface area contributed by atoms with E-state index in [1.165, 1.54) is 0 Å². The zero-order valence-electron chi connectivity index (χ0n) is 11.8. The highest BCUT2D eigenvalue weighted by molar-refractivity contribution is 7.99. The van der Waals surface area contributed by atoms with Crippen LogP contribution in [0.25, 0.3) is 0 Å². The zero-order valence-corrected chi connectivity index (χ0v) is 12.6. The van der Waals surface area contributed by atoms with Crippen LogP contribution in [0, 0.1) is 0 Å². The van der Waals surface area contributed by atoms with Crippen molar-refractivity contribution in [3.8, 4) is 0 Å². The molecule has 0 aromatic carbocycles. The van der Waals surface area contributed by atoms with Gasteiger partial charge in [0.05, 0.1) is 6.42 Å². The average molecular weight is 310 g/mol. The van der Waals surface area contributed by atoms with Crippen LogP contribution in [0.1, 0.15) is 23.8 Å². The van der Waals surface area contributed by atoms with Crippen molar-refractivity contribution < 1.29 is 14.7 Å². The summed E-state index contributed by atoms with van der Waals surface area (Å²) >= 11 is 1.74. The Morgan fingerprint density at radius 2 is 2.29 bits per heavy atom. The summed E-state index contributed by atoms with van der Waals surface area (Å²) in [6, 6.07) is 3.25. The first-order chi connectivity index (χ1) is 10.1. The largest absolute Gasteiger partial charge is 0.481 e. The number of carboxylic acid groups (broad SMARTS) is 1. The second kappa shape index (κ2) is 7.26. The molecule has 1 unspecified atom stereocenters. The molecule has 1 aromatic heterocycles. The normalized spacial score (nSPS) is 18.3. The van der Waals surface area contributed by atoms with E-state index in [1.54, 1.807) is 23.9 Å². The summed E-state index contributed by atoms with van der Waals surface area (Å²) in [5.41, 5.74) is 0.266. The van der Waals surface area contributed by atoms with E-state index in [1.807, 2.05) is 11.8 Å². The van der Waals surface area contributed by atoms with E-state index in [0.717, 1.165) is 18.1 Å². The minimum Gasteiger partial charge on any atom is -0.481 e. The number of aromatic nitrogens is 2. The molecule has 1 aromatic rings. The first kappa shape index (κ1) is 15.6. The lowest BCUT2D eigenvalue weighted by Gasteiger charge is -2.35. The quantitative estimate of drug-likeness (QED) is 0.823. The van der Waals surface area contributed by atoms with Crippen molar-refractivity contribution in [1.29, 1.82) is 0 Å². The summed E-state index contributed by atoms with van der Waals surface area (Å²) in [5, 5.41) is 19.6. The van der Waals surface area contributed by atoms with Crippen molar-refractivity contribution in [2.24, 2.45) is 0 Å². The minimum atomic E-state index is -0.820. The number of nitrogens with zero attached hydrogens (tertiary/aromatic N) is 3. The van der Waals surface area contributed by atoms with Gasteiger partial charge in [-0.15, -0.1) is 10.2 Å². The Hall–Kier alpha value is -1.83. The van der Waals surface area contributed by atoms with Gasteiger partial charge < -0.3 is 15.3 Å². The predicted octanol–water partition coefficient (Wildman–Crippen LogP) is 0.623. The van der Waals surface area contributed by atoms with Gasteiger partial charge in [0.15, 0.2) is 11.5 Å². The molecule has 8 heteroatoms. The Balaban J connectivity index is 2.12. The second-order valence-electron chi connectivity index (χ2n) is 4.66. The topological polar surface area (TPSA) is 95.4 Å². The molecule has 7 nitrogen and oxygen atoms in total. The number of rotatable bonds is 5. The monoisotopic (exact) mass is 310 g/mol. The molecule has 1 amide bonds. The SMILES string of the molecule is CCNC(=O)c1ccc(N2CCSCC2CC(=O)O)nn1. The third-order valence-electron chi connectivity index (χ3n) is 3.15. The number of aliphatic carboxylic acids is 1. The van der Waals surface area contributed by atoms with Crippen LogP contribution < -0.4 is 10.2 Å². The van der Waals surface area contributed by atoms with Crippen molar-refractivity contribution in [2.75, 3.05) is 29.5 Å². The number of carbonyl (C=O) groups is 2. The number of hydrogen-bond acceptors (Lipinski definition) is 6. The number of amides is 1. The van der Waals surface area contributed by atoms with E-state index < -0.39 is 5.97 Å². The molecule has 1 fully saturated rings. The van der Waals surface area contributed by atoms with Gasteiger partial charge in [-0.25, -0.2) is 0 Å². The Kier molecular flexibility index (Phi) is 5.38. The fraction of sp³-hybridized carbons (Fsp3) is 0.538. The minimum absolute atomic E-state index is 0.0761. The molecule has 2 N–H and O–H groups in total. The fourth-order valence-electron chi connectivity index (χ4n) is 2.18. The molecule has 2 heterocycles. The first-order valence-electron chi connectivity index (χ1n) is 6.80. The van der Waals surface area contributed by atoms with Crippen molar-refractivity contribution in [1.82, 2.24) is 15.5 Å². The molecule has 0 bridgehead atoms. The summed E-state index contributed by atoms with van der Waals surface area (Å²) in [6.45, 7) is 3.10. The highest BCUT2D eigenvalue weighted by atomic mass is 32.2. The van der Waals surface area contributed by atoms with Gasteiger partial charge in [0.25, 0.3) is 5.91 Å². The van der Waals surface area contributed by atoms with Crippen molar-refractivity contribution in [2.45, 2.75) is 19.4 Å². The standard InChI is InChI=1S/C13H18N4O3S/c1-2-14-13(20)10-3-4-11(16-15-10)17-5-6-21-8-9(17)7-12(18)19/h3-4,9H,2,5-8H2,1H3,(H,14,20)(H,18,19). The highest BCUT2D eigenvalue weighted by Crippen LogP contribution is 2.23. The van der Waals surface area contributed by atoms with E-state index in [-0.39, 0.29) is 24.1 Å². The van der Waals surface area contributed by atoms with Gasteiger partial charge in [0.2, 0.25) is 0 Å². The summed E-state index contributed by atoms with van der Waals surface area (Å²) in [7, 11) is 0. The molecule has 2 rings (SSSR count). The van der Waals surface area contributed by atoms with Gasteiger partial charge in [0, 0.05) is 30.6 Å². The lowest BCUT2D eigenvalue weighted by Crippen LogP contribution is -2.44. The number of thioether (sulfide) groups is 1. The van der Waals surface area contributed by atoms with Gasteiger partial charge in [-0.1, -0.05) is 0 Å². The van der Waals surface area contributed by atoms with Gasteiger partial charge in [-0.05, 0) is 19.1 Å². The fourth-order valence-corrected chi connectivity index (χ4v) is 3.24. The molecule has 114 valence electrons. The van der Waals surface area contributed by atoms with Crippen LogP contribution in [0.15, 0.2) is 12.1 Å². The van der Waals surface area contributed by atoms with E-state index >= 15 is 0 Å². The number of carboxylic acids is 1. The molecule has 1 aliphatic rings. The van der Waals surface area contributed by atoms with Gasteiger partial charge >= 0.3 is 5.97 Å². The van der Waals surface area contributed by atoms with Crippen LogP contribution in [-0.2, 0) is 4.79 Å². The smallest absolute Gasteiger partial charge is 0.305 e. The summed E-state index contributed by atoms with van der Waals surface area (Å²) < 4.78 is 0. The van der Waals surface area contributed by atoms with Crippen LogP contribution >= 0.6 is 11.8 Å². The molecular weight excluding hydrogens is 292 g/mol. The van der Waals surface area contributed by atoms with E-state index in [2.05, 4.69) is 15.5 Å². The van der Waals surface area contributed by atoms with Crippen LogP contribution in [0.4, 0.5) is 5.82 Å². The molecule has 0 aliphatic carbocycles. The molecular formula is C13H18N4O3S. The van der Waals surface area contributed by atoms with Crippen LogP contribution in [0.5, 0.6) is 0 Å². The lowest BCUT2D eigenvalue weighted by molar-refractivity contribution is -0.137. The average Bonchev–Trinajstić information content (AvgIpc) is 2.48. The Labute approximate surface area is 127 Å². The number of anilines is 1. The lowest BCUT2D eigenvalue weighted by atomic mass is 10.2. The van der Waals surface area contributed by atoms with Gasteiger partial charge in [-0.3, -0.25) is 9.59 Å². The molecule has 1 aliphatic heterocycles. The van der Waals surface area contributed by atoms with Crippen LogP contribution in [-0.4, -0.2) is 57.8 Å². The summed E-state index contributed by atoms with van der Waals surface area (Å²) in [4.78, 5) is 24.5. The molecule has 21 heavy (non-hydrogen) atoms. The maximum absolute atomic E-state index is 11.6. The van der Waals surface area contributed by atoms with Gasteiger partial charge in [0.1, 0.15) is 0 Å². The number of hydrogen-bond donors (Lipinski definition) is 2. The summed E-state index contributed by atoms with van der Waals surface area (Å²) in [5.74, 6) is 1.23. The van der Waals surface area contributed by atoms with Crippen LogP contribution in [0.3, 0.4) is 0 Å². The molecule has 0 spiro atoms. The molecule has 1 atom stereocenters. The van der Waals surface area contributed by atoms with Crippen molar-refractivity contribution in [3.63, 3.8) is 0 Å². The van der Waals surface area contributed by atoms with Crippen molar-refractivity contribution >= 4 is 29.5 Å². The first-order valence-corrected chi connectivity index (χ1v) is 7.95. The Morgan fingerprint density at radius 3 is 2.90 bits per heavy atom. The Morgan fingerprint density at radius 1 is 1.48 bits per heavy atom. The van der Waals surface area contributed by atoms with E-state index in [9.17, 15) is 9.59 Å².